The van der Waals surface area contributed by atoms with Gasteiger partial charge in [-0.1, -0.05) is 36.8 Å². The third-order valence-corrected chi connectivity index (χ3v) is 5.56. The fourth-order valence-corrected chi connectivity index (χ4v) is 3.93. The summed E-state index contributed by atoms with van der Waals surface area (Å²) in [7, 11) is 0. The van der Waals surface area contributed by atoms with E-state index >= 15 is 0 Å². The molecular formula is C22H33N3O5. The number of carboxylic acid groups (broad SMARTS) is 2. The Morgan fingerprint density at radius 1 is 0.967 bits per heavy atom. The van der Waals surface area contributed by atoms with Gasteiger partial charge in [0, 0.05) is 0 Å². The van der Waals surface area contributed by atoms with Crippen LogP contribution in [0, 0.1) is 0 Å². The van der Waals surface area contributed by atoms with Crippen LogP contribution in [0.5, 0.6) is 0 Å². The minimum atomic E-state index is -1.24. The van der Waals surface area contributed by atoms with Crippen molar-refractivity contribution in [2.45, 2.75) is 63.1 Å². The smallest absolute Gasteiger partial charge is 0.328 e. The summed E-state index contributed by atoms with van der Waals surface area (Å²) in [5.74, 6) is -2.69. The van der Waals surface area contributed by atoms with Crippen LogP contribution in [-0.2, 0) is 20.8 Å². The lowest BCUT2D eigenvalue weighted by Gasteiger charge is -2.29. The lowest BCUT2D eigenvalue weighted by molar-refractivity contribution is -0.148. The molecule has 0 spiro atoms. The second kappa shape index (κ2) is 12.4. The fraction of sp³-hybridized carbons (Fsp3) is 0.591. The van der Waals surface area contributed by atoms with E-state index in [1.807, 2.05) is 30.3 Å². The monoisotopic (exact) mass is 419 g/mol. The molecule has 1 fully saturated rings. The normalized spacial score (nSPS) is 17.4. The minimum Gasteiger partial charge on any atom is -0.480 e. The zero-order chi connectivity index (χ0) is 21.9. The number of aliphatic carboxylic acids is 2. The molecule has 30 heavy (non-hydrogen) atoms. The van der Waals surface area contributed by atoms with Crippen LogP contribution in [0.2, 0.25) is 0 Å². The highest BCUT2D eigenvalue weighted by Crippen LogP contribution is 2.17. The number of hydrogen-bond donors (Lipinski definition) is 4. The summed E-state index contributed by atoms with van der Waals surface area (Å²) in [5, 5.41) is 22.3. The molecule has 0 aliphatic carbocycles. The van der Waals surface area contributed by atoms with Crippen molar-refractivity contribution in [3.05, 3.63) is 35.9 Å². The Morgan fingerprint density at radius 2 is 1.63 bits per heavy atom. The van der Waals surface area contributed by atoms with E-state index < -0.39 is 35.8 Å². The molecule has 0 aromatic heterocycles. The van der Waals surface area contributed by atoms with Gasteiger partial charge in [0.25, 0.3) is 0 Å². The number of Topliss-reactive ketones (excluding diaryl/α,β-unsaturated/α-hetero) is 1. The Balaban J connectivity index is 2.12. The second-order valence-electron chi connectivity index (χ2n) is 7.81. The largest absolute Gasteiger partial charge is 0.480 e. The zero-order valence-corrected chi connectivity index (χ0v) is 17.3. The van der Waals surface area contributed by atoms with Gasteiger partial charge in [-0.2, -0.15) is 0 Å². The molecule has 1 saturated heterocycles. The van der Waals surface area contributed by atoms with Crippen molar-refractivity contribution >= 4 is 17.7 Å². The first-order valence-corrected chi connectivity index (χ1v) is 10.7. The van der Waals surface area contributed by atoms with Crippen LogP contribution in [-0.4, -0.2) is 70.6 Å². The number of nitrogens with two attached hydrogens (primary N) is 1. The van der Waals surface area contributed by atoms with Gasteiger partial charge in [-0.3, -0.25) is 24.6 Å². The summed E-state index contributed by atoms with van der Waals surface area (Å²) >= 11 is 0. The number of unbranched alkanes of at least 4 members (excludes halogenated alkanes) is 1. The predicted octanol–water partition coefficient (Wildman–Crippen LogP) is 1.28. The van der Waals surface area contributed by atoms with E-state index in [2.05, 4.69) is 5.32 Å². The van der Waals surface area contributed by atoms with Gasteiger partial charge in [0.15, 0.2) is 11.8 Å². The van der Waals surface area contributed by atoms with Crippen LogP contribution >= 0.6 is 0 Å². The third kappa shape index (κ3) is 7.19. The van der Waals surface area contributed by atoms with Crippen molar-refractivity contribution in [2.75, 3.05) is 19.6 Å². The molecule has 1 heterocycles. The number of ketones is 1. The molecule has 8 heteroatoms. The minimum absolute atomic E-state index is 0.307. The average molecular weight is 420 g/mol. The number of nitrogens with one attached hydrogen (secondary N) is 1. The molecule has 1 aromatic rings. The van der Waals surface area contributed by atoms with Crippen molar-refractivity contribution < 1.29 is 24.6 Å². The summed E-state index contributed by atoms with van der Waals surface area (Å²) in [4.78, 5) is 38.6. The van der Waals surface area contributed by atoms with E-state index in [1.165, 1.54) is 0 Å². The Kier molecular flexibility index (Phi) is 9.93. The molecule has 0 amide bonds. The molecule has 0 unspecified atom stereocenters. The Labute approximate surface area is 177 Å². The highest BCUT2D eigenvalue weighted by Gasteiger charge is 2.39. The first-order valence-electron chi connectivity index (χ1n) is 10.7. The molecule has 2 rings (SSSR count). The summed E-state index contributed by atoms with van der Waals surface area (Å²) in [6.45, 7) is 1.59. The van der Waals surface area contributed by atoms with Crippen LogP contribution in [0.25, 0.3) is 0 Å². The second-order valence-corrected chi connectivity index (χ2v) is 7.81. The molecule has 1 aromatic carbocycles. The van der Waals surface area contributed by atoms with E-state index in [-0.39, 0.29) is 0 Å². The zero-order valence-electron chi connectivity index (χ0n) is 17.3. The maximum Gasteiger partial charge on any atom is 0.328 e. The number of carbonyl (C=O) groups excluding carboxylic acids is 1. The molecule has 1 aliphatic rings. The van der Waals surface area contributed by atoms with Gasteiger partial charge in [0.1, 0.15) is 6.04 Å². The van der Waals surface area contributed by atoms with Gasteiger partial charge >= 0.3 is 11.9 Å². The van der Waals surface area contributed by atoms with E-state index in [0.717, 1.165) is 18.4 Å². The standard InChI is InChI=1S/C22H33N3O5/c23-13-5-4-10-17(20(26)19(22(29)30)25-14-6-7-15-25)24-18(21(27)28)12-11-16-8-2-1-3-9-16/h1-3,8-9,17-19,24H,4-7,10-15,23H2,(H,27,28)(H,29,30)/t17-,18-,19-/m0/s1. The topological polar surface area (TPSA) is 133 Å². The fourth-order valence-electron chi connectivity index (χ4n) is 3.93. The van der Waals surface area contributed by atoms with Crippen LogP contribution in [0.3, 0.4) is 0 Å². The van der Waals surface area contributed by atoms with Crippen LogP contribution < -0.4 is 11.1 Å². The van der Waals surface area contributed by atoms with Crippen LogP contribution in [0.1, 0.15) is 44.1 Å². The molecule has 166 valence electrons. The molecular weight excluding hydrogens is 386 g/mol. The highest BCUT2D eigenvalue weighted by atomic mass is 16.4. The summed E-state index contributed by atoms with van der Waals surface area (Å²) < 4.78 is 0. The number of rotatable bonds is 14. The van der Waals surface area contributed by atoms with Gasteiger partial charge in [-0.05, 0) is 63.7 Å². The van der Waals surface area contributed by atoms with E-state index in [4.69, 9.17) is 5.73 Å². The van der Waals surface area contributed by atoms with Crippen molar-refractivity contribution in [3.8, 4) is 0 Å². The van der Waals surface area contributed by atoms with Gasteiger partial charge in [0.05, 0.1) is 6.04 Å². The maximum atomic E-state index is 13.2. The molecule has 3 atom stereocenters. The quantitative estimate of drug-likeness (QED) is 0.262. The first-order chi connectivity index (χ1) is 14.4. The third-order valence-electron chi connectivity index (χ3n) is 5.56. The number of likely N-dealkylation sites (tertiary alicyclic amines) is 1. The van der Waals surface area contributed by atoms with Crippen molar-refractivity contribution in [2.24, 2.45) is 5.73 Å². The average Bonchev–Trinajstić information content (AvgIpc) is 3.24. The first kappa shape index (κ1) is 24.0. The van der Waals surface area contributed by atoms with E-state index in [0.29, 0.717) is 51.7 Å². The van der Waals surface area contributed by atoms with Crippen molar-refractivity contribution in [1.82, 2.24) is 10.2 Å². The summed E-state index contributed by atoms with van der Waals surface area (Å²) in [6.07, 6.45) is 4.24. The lowest BCUT2D eigenvalue weighted by Crippen LogP contribution is -2.56. The van der Waals surface area contributed by atoms with Gasteiger partial charge in [-0.25, -0.2) is 0 Å². The Bertz CT molecular complexity index is 691. The van der Waals surface area contributed by atoms with Crippen molar-refractivity contribution in [3.63, 3.8) is 0 Å². The molecule has 1 aliphatic heterocycles. The molecule has 5 N–H and O–H groups in total. The SMILES string of the molecule is NCCCC[C@H](N[C@@H](CCc1ccccc1)C(=O)O)C(=O)[C@@H](C(=O)O)N1CCCC1. The predicted molar refractivity (Wildman–Crippen MR) is 113 cm³/mol. The van der Waals surface area contributed by atoms with Gasteiger partial charge in [0.2, 0.25) is 0 Å². The van der Waals surface area contributed by atoms with Crippen molar-refractivity contribution in [1.29, 1.82) is 0 Å². The maximum absolute atomic E-state index is 13.2. The summed E-state index contributed by atoms with van der Waals surface area (Å²) in [6, 6.07) is 6.52. The lowest BCUT2D eigenvalue weighted by atomic mass is 9.96. The number of hydrogen-bond acceptors (Lipinski definition) is 6. The number of nitrogens with zero attached hydrogens (tertiary/aromatic N) is 1. The summed E-state index contributed by atoms with van der Waals surface area (Å²) in [5.41, 5.74) is 6.57. The Hall–Kier alpha value is -2.29. The molecule has 8 nitrogen and oxygen atoms in total. The number of aryl methyl sites for hydroxylation is 1. The van der Waals surface area contributed by atoms with Crippen LogP contribution in [0.15, 0.2) is 30.3 Å². The van der Waals surface area contributed by atoms with E-state index in [1.54, 1.807) is 4.90 Å². The number of carboxylic acids is 2. The molecule has 0 saturated carbocycles. The Morgan fingerprint density at radius 3 is 2.20 bits per heavy atom. The van der Waals surface area contributed by atoms with Gasteiger partial charge in [-0.15, -0.1) is 0 Å². The van der Waals surface area contributed by atoms with Crippen LogP contribution in [0.4, 0.5) is 0 Å². The molecule has 0 radical (unpaired) electrons. The number of benzene rings is 1. The van der Waals surface area contributed by atoms with Gasteiger partial charge < -0.3 is 15.9 Å². The molecule has 0 bridgehead atoms. The van der Waals surface area contributed by atoms with E-state index in [9.17, 15) is 24.6 Å². The highest BCUT2D eigenvalue weighted by molar-refractivity contribution is 6.05. The number of carbonyl (C=O) groups is 3.